The van der Waals surface area contributed by atoms with Crippen LogP contribution in [0.3, 0.4) is 0 Å². The van der Waals surface area contributed by atoms with Crippen molar-refractivity contribution in [1.82, 2.24) is 10.2 Å². The van der Waals surface area contributed by atoms with Crippen molar-refractivity contribution >= 4 is 29.7 Å². The Morgan fingerprint density at radius 3 is 3.06 bits per heavy atom. The van der Waals surface area contributed by atoms with Gasteiger partial charge in [-0.2, -0.15) is 0 Å². The lowest BCUT2D eigenvalue weighted by Gasteiger charge is -2.33. The normalized spacial score (nSPS) is 19.6. The molecule has 2 heterocycles. The Hall–Kier alpha value is -0.780. The molecule has 4 nitrogen and oxygen atoms in total. The molecule has 0 aliphatic carbocycles. The highest BCUT2D eigenvalue weighted by molar-refractivity contribution is 7.12. The maximum Gasteiger partial charge on any atom is 0.268 e. The van der Waals surface area contributed by atoms with Crippen molar-refractivity contribution in [2.45, 2.75) is 13.0 Å². The summed E-state index contributed by atoms with van der Waals surface area (Å²) in [5, 5.41) is 5.16. The van der Waals surface area contributed by atoms with Crippen molar-refractivity contribution in [2.75, 3.05) is 26.7 Å². The van der Waals surface area contributed by atoms with Gasteiger partial charge in [-0.3, -0.25) is 4.79 Å². The van der Waals surface area contributed by atoms with E-state index in [1.165, 1.54) is 11.3 Å². The Morgan fingerprint density at radius 1 is 1.65 bits per heavy atom. The van der Waals surface area contributed by atoms with E-state index in [4.69, 9.17) is 4.74 Å². The number of carbonyl (C=O) groups excluding carboxylic acids is 1. The van der Waals surface area contributed by atoms with E-state index in [2.05, 4.69) is 12.2 Å². The van der Waals surface area contributed by atoms with Gasteiger partial charge in [0.2, 0.25) is 0 Å². The summed E-state index contributed by atoms with van der Waals surface area (Å²) in [6, 6.07) is 2.08. The van der Waals surface area contributed by atoms with E-state index < -0.39 is 0 Å². The molecular weight excluding hydrogens is 260 g/mol. The second-order valence-corrected chi connectivity index (χ2v) is 4.79. The molecule has 1 aliphatic heterocycles. The molecule has 1 aromatic rings. The number of hydrogen-bond donors (Lipinski definition) is 1. The number of carbonyl (C=O) groups is 1. The van der Waals surface area contributed by atoms with Crippen LogP contribution < -0.4 is 10.1 Å². The molecule has 0 saturated carbocycles. The SMILES string of the molecule is COc1ccsc1C(=O)N1CCNCC1C.Cl. The smallest absolute Gasteiger partial charge is 0.268 e. The second kappa shape index (κ2) is 6.23. The summed E-state index contributed by atoms with van der Waals surface area (Å²) in [5.74, 6) is 0.765. The van der Waals surface area contributed by atoms with Crippen LogP contribution in [-0.4, -0.2) is 43.6 Å². The zero-order valence-corrected chi connectivity index (χ0v) is 11.6. The van der Waals surface area contributed by atoms with Gasteiger partial charge in [0.05, 0.1) is 7.11 Å². The summed E-state index contributed by atoms with van der Waals surface area (Å²) < 4.78 is 5.18. The standard InChI is InChI=1S/C11H16N2O2S.ClH/c1-8-7-12-4-5-13(8)11(14)10-9(15-2)3-6-16-10;/h3,6,8,12H,4-5,7H2,1-2H3;1H. The number of hydrogen-bond acceptors (Lipinski definition) is 4. The van der Waals surface area contributed by atoms with Crippen LogP contribution in [-0.2, 0) is 0 Å². The predicted octanol–water partition coefficient (Wildman–Crippen LogP) is 1.61. The van der Waals surface area contributed by atoms with Crippen LogP contribution in [0.4, 0.5) is 0 Å². The molecule has 17 heavy (non-hydrogen) atoms. The van der Waals surface area contributed by atoms with E-state index >= 15 is 0 Å². The van der Waals surface area contributed by atoms with Crippen LogP contribution in [0.1, 0.15) is 16.6 Å². The van der Waals surface area contributed by atoms with Gasteiger partial charge in [0.15, 0.2) is 0 Å². The number of nitrogens with one attached hydrogen (secondary N) is 1. The molecule has 1 atom stereocenters. The molecule has 1 amide bonds. The van der Waals surface area contributed by atoms with Crippen LogP contribution >= 0.6 is 23.7 Å². The largest absolute Gasteiger partial charge is 0.495 e. The van der Waals surface area contributed by atoms with Crippen molar-refractivity contribution in [3.8, 4) is 5.75 Å². The highest BCUT2D eigenvalue weighted by atomic mass is 35.5. The quantitative estimate of drug-likeness (QED) is 0.892. The minimum Gasteiger partial charge on any atom is -0.495 e. The van der Waals surface area contributed by atoms with Crippen LogP contribution in [0.15, 0.2) is 11.4 Å². The summed E-state index contributed by atoms with van der Waals surface area (Å²) in [7, 11) is 1.60. The van der Waals surface area contributed by atoms with Crippen LogP contribution in [0.25, 0.3) is 0 Å². The molecule has 0 aromatic carbocycles. The maximum absolute atomic E-state index is 12.3. The van der Waals surface area contributed by atoms with Crippen molar-refractivity contribution in [3.63, 3.8) is 0 Å². The van der Waals surface area contributed by atoms with Gasteiger partial charge >= 0.3 is 0 Å². The van der Waals surface area contributed by atoms with Crippen molar-refractivity contribution in [1.29, 1.82) is 0 Å². The van der Waals surface area contributed by atoms with Crippen LogP contribution in [0, 0.1) is 0 Å². The van der Waals surface area contributed by atoms with Gasteiger partial charge in [0.1, 0.15) is 10.6 Å². The number of rotatable bonds is 2. The molecule has 0 spiro atoms. The first kappa shape index (κ1) is 14.3. The molecule has 1 aromatic heterocycles. The van der Waals surface area contributed by atoms with E-state index in [-0.39, 0.29) is 24.4 Å². The van der Waals surface area contributed by atoms with Crippen molar-refractivity contribution < 1.29 is 9.53 Å². The molecule has 96 valence electrons. The molecule has 1 aliphatic rings. The fourth-order valence-electron chi connectivity index (χ4n) is 1.89. The Morgan fingerprint density at radius 2 is 2.41 bits per heavy atom. The molecular formula is C11H17ClN2O2S. The number of methoxy groups -OCH3 is 1. The summed E-state index contributed by atoms with van der Waals surface area (Å²) in [4.78, 5) is 14.9. The summed E-state index contributed by atoms with van der Waals surface area (Å²) in [6.45, 7) is 4.55. The van der Waals surface area contributed by atoms with Gasteiger partial charge in [-0.25, -0.2) is 0 Å². The molecule has 0 radical (unpaired) electrons. The molecule has 6 heteroatoms. The number of thiophene rings is 1. The number of amides is 1. The fraction of sp³-hybridized carbons (Fsp3) is 0.545. The third-order valence-corrected chi connectivity index (χ3v) is 3.69. The van der Waals surface area contributed by atoms with E-state index in [0.29, 0.717) is 10.6 Å². The number of halogens is 1. The van der Waals surface area contributed by atoms with E-state index in [1.54, 1.807) is 7.11 Å². The second-order valence-electron chi connectivity index (χ2n) is 3.87. The van der Waals surface area contributed by atoms with Crippen molar-refractivity contribution in [3.05, 3.63) is 16.3 Å². The van der Waals surface area contributed by atoms with Gasteiger partial charge in [0, 0.05) is 25.7 Å². The maximum atomic E-state index is 12.3. The first-order valence-corrected chi connectivity index (χ1v) is 6.25. The zero-order chi connectivity index (χ0) is 11.5. The average Bonchev–Trinajstić information content (AvgIpc) is 2.77. The third-order valence-electron chi connectivity index (χ3n) is 2.81. The topological polar surface area (TPSA) is 41.6 Å². The fourth-order valence-corrected chi connectivity index (χ4v) is 2.70. The van der Waals surface area contributed by atoms with Gasteiger partial charge in [-0.15, -0.1) is 23.7 Å². The lowest BCUT2D eigenvalue weighted by Crippen LogP contribution is -2.52. The lowest BCUT2D eigenvalue weighted by molar-refractivity contribution is 0.0658. The molecule has 1 fully saturated rings. The van der Waals surface area contributed by atoms with E-state index in [0.717, 1.165) is 19.6 Å². The first-order chi connectivity index (χ1) is 7.74. The number of piperazine rings is 1. The summed E-state index contributed by atoms with van der Waals surface area (Å²) in [6.07, 6.45) is 0. The summed E-state index contributed by atoms with van der Waals surface area (Å²) >= 11 is 1.44. The average molecular weight is 277 g/mol. The first-order valence-electron chi connectivity index (χ1n) is 5.37. The van der Waals surface area contributed by atoms with Crippen LogP contribution in [0.5, 0.6) is 5.75 Å². The highest BCUT2D eigenvalue weighted by Gasteiger charge is 2.26. The monoisotopic (exact) mass is 276 g/mol. The molecule has 0 bridgehead atoms. The third kappa shape index (κ3) is 2.91. The molecule has 1 saturated heterocycles. The van der Waals surface area contributed by atoms with Gasteiger partial charge in [-0.05, 0) is 18.4 Å². The predicted molar refractivity (Wildman–Crippen MR) is 71.5 cm³/mol. The van der Waals surface area contributed by atoms with Gasteiger partial charge < -0.3 is 15.0 Å². The Labute approximate surface area is 111 Å². The summed E-state index contributed by atoms with van der Waals surface area (Å²) in [5.41, 5.74) is 0. The minimum atomic E-state index is 0. The molecule has 1 unspecified atom stereocenters. The Balaban J connectivity index is 0.00000144. The van der Waals surface area contributed by atoms with E-state index in [1.807, 2.05) is 16.3 Å². The van der Waals surface area contributed by atoms with Gasteiger partial charge in [-0.1, -0.05) is 0 Å². The Kier molecular flexibility index (Phi) is 5.24. The number of ether oxygens (including phenoxy) is 1. The minimum absolute atomic E-state index is 0. The highest BCUT2D eigenvalue weighted by Crippen LogP contribution is 2.26. The molecule has 1 N–H and O–H groups in total. The Bertz CT molecular complexity index is 383. The molecule has 2 rings (SSSR count). The number of nitrogens with zero attached hydrogens (tertiary/aromatic N) is 1. The zero-order valence-electron chi connectivity index (χ0n) is 9.93. The van der Waals surface area contributed by atoms with Gasteiger partial charge in [0.25, 0.3) is 5.91 Å². The lowest BCUT2D eigenvalue weighted by atomic mass is 10.2. The van der Waals surface area contributed by atoms with E-state index in [9.17, 15) is 4.79 Å². The van der Waals surface area contributed by atoms with Crippen molar-refractivity contribution in [2.24, 2.45) is 0 Å². The van der Waals surface area contributed by atoms with Crippen LogP contribution in [0.2, 0.25) is 0 Å².